The summed E-state index contributed by atoms with van der Waals surface area (Å²) < 4.78 is 13.9. The molecule has 2 aromatic heterocycles. The van der Waals surface area contributed by atoms with E-state index < -0.39 is 11.9 Å². The van der Waals surface area contributed by atoms with Crippen LogP contribution in [0.3, 0.4) is 0 Å². The number of benzene rings is 1. The van der Waals surface area contributed by atoms with Crippen LogP contribution in [0.5, 0.6) is 0 Å². The molecule has 0 radical (unpaired) electrons. The van der Waals surface area contributed by atoms with E-state index in [4.69, 9.17) is 5.11 Å². The van der Waals surface area contributed by atoms with Crippen LogP contribution >= 0.6 is 22.7 Å². The molecule has 3 rings (SSSR count). The van der Waals surface area contributed by atoms with Crippen molar-refractivity contribution in [2.24, 2.45) is 0 Å². The van der Waals surface area contributed by atoms with Gasteiger partial charge in [0, 0.05) is 4.70 Å². The van der Waals surface area contributed by atoms with E-state index in [0.717, 1.165) is 16.0 Å². The number of carboxylic acids is 1. The van der Waals surface area contributed by atoms with Crippen LogP contribution in [0.15, 0.2) is 35.7 Å². The quantitative estimate of drug-likeness (QED) is 0.764. The van der Waals surface area contributed by atoms with Crippen molar-refractivity contribution in [3.63, 3.8) is 0 Å². The number of aromatic carboxylic acids is 1. The molecule has 0 bridgehead atoms. The van der Waals surface area contributed by atoms with Gasteiger partial charge in [-0.05, 0) is 41.1 Å². The highest BCUT2D eigenvalue weighted by atomic mass is 32.1. The van der Waals surface area contributed by atoms with Gasteiger partial charge in [0.05, 0.1) is 10.4 Å². The zero-order valence-corrected chi connectivity index (χ0v) is 12.1. The van der Waals surface area contributed by atoms with Crippen LogP contribution in [-0.2, 0) is 0 Å². The maximum atomic E-state index is 13.1. The van der Waals surface area contributed by atoms with Crippen LogP contribution in [0.4, 0.5) is 9.39 Å². The first-order valence-electron chi connectivity index (χ1n) is 5.86. The molecule has 1 aromatic carbocycles. The summed E-state index contributed by atoms with van der Waals surface area (Å²) >= 11 is 2.37. The lowest BCUT2D eigenvalue weighted by molar-refractivity contribution is 0.0698. The average molecular weight is 321 g/mol. The molecule has 106 valence electrons. The van der Waals surface area contributed by atoms with Crippen molar-refractivity contribution in [1.82, 2.24) is 0 Å². The van der Waals surface area contributed by atoms with Crippen molar-refractivity contribution < 1.29 is 19.1 Å². The summed E-state index contributed by atoms with van der Waals surface area (Å²) in [4.78, 5) is 23.6. The fourth-order valence-electron chi connectivity index (χ4n) is 1.87. The van der Waals surface area contributed by atoms with E-state index in [1.54, 1.807) is 17.5 Å². The third-order valence-electron chi connectivity index (χ3n) is 2.82. The molecule has 21 heavy (non-hydrogen) atoms. The van der Waals surface area contributed by atoms with Gasteiger partial charge in [0.1, 0.15) is 10.8 Å². The van der Waals surface area contributed by atoms with E-state index in [-0.39, 0.29) is 16.4 Å². The van der Waals surface area contributed by atoms with Gasteiger partial charge in [-0.15, -0.1) is 22.7 Å². The molecule has 2 heterocycles. The van der Waals surface area contributed by atoms with Crippen molar-refractivity contribution in [3.05, 3.63) is 52.0 Å². The summed E-state index contributed by atoms with van der Waals surface area (Å²) in [6.45, 7) is 0. The fraction of sp³-hybridized carbons (Fsp3) is 0. The summed E-state index contributed by atoms with van der Waals surface area (Å²) in [5, 5.41) is 14.1. The summed E-state index contributed by atoms with van der Waals surface area (Å²) in [6.07, 6.45) is 0. The van der Waals surface area contributed by atoms with Crippen LogP contribution in [0.25, 0.3) is 10.1 Å². The number of hydrogen-bond acceptors (Lipinski definition) is 4. The Hall–Kier alpha value is -2.25. The number of halogens is 1. The number of carboxylic acid groups (broad SMARTS) is 1. The average Bonchev–Trinajstić information content (AvgIpc) is 3.04. The molecule has 0 fully saturated rings. The second kappa shape index (κ2) is 5.27. The molecule has 0 aliphatic heterocycles. The summed E-state index contributed by atoms with van der Waals surface area (Å²) in [6, 6.07) is 7.33. The molecule has 1 amide bonds. The fourth-order valence-corrected chi connectivity index (χ4v) is 3.58. The topological polar surface area (TPSA) is 66.4 Å². The largest absolute Gasteiger partial charge is 0.478 e. The second-order valence-corrected chi connectivity index (χ2v) is 6.22. The molecule has 0 saturated carbocycles. The Morgan fingerprint density at radius 3 is 2.76 bits per heavy atom. The lowest BCUT2D eigenvalue weighted by Gasteiger charge is -2.01. The van der Waals surface area contributed by atoms with Gasteiger partial charge < -0.3 is 10.4 Å². The minimum Gasteiger partial charge on any atom is -0.478 e. The number of amides is 1. The Labute approximate surface area is 126 Å². The molecule has 0 aliphatic rings. The van der Waals surface area contributed by atoms with Gasteiger partial charge in [-0.3, -0.25) is 4.79 Å². The first kappa shape index (κ1) is 13.7. The smallest absolute Gasteiger partial charge is 0.338 e. The van der Waals surface area contributed by atoms with Crippen LogP contribution in [0.2, 0.25) is 0 Å². The number of anilines is 1. The van der Waals surface area contributed by atoms with E-state index in [0.29, 0.717) is 10.3 Å². The van der Waals surface area contributed by atoms with Crippen molar-refractivity contribution in [2.45, 2.75) is 0 Å². The van der Waals surface area contributed by atoms with Crippen molar-refractivity contribution in [1.29, 1.82) is 0 Å². The molecule has 0 aliphatic carbocycles. The van der Waals surface area contributed by atoms with Gasteiger partial charge in [0.15, 0.2) is 0 Å². The van der Waals surface area contributed by atoms with Gasteiger partial charge in [-0.1, -0.05) is 0 Å². The van der Waals surface area contributed by atoms with Crippen molar-refractivity contribution >= 4 is 49.6 Å². The summed E-state index contributed by atoms with van der Waals surface area (Å²) in [7, 11) is 0. The molecule has 3 aromatic rings. The van der Waals surface area contributed by atoms with Gasteiger partial charge in [0.25, 0.3) is 5.91 Å². The summed E-state index contributed by atoms with van der Waals surface area (Å²) in [5.41, 5.74) is 0.0560. The van der Waals surface area contributed by atoms with Gasteiger partial charge in [-0.2, -0.15) is 0 Å². The number of hydrogen-bond donors (Lipinski definition) is 2. The van der Waals surface area contributed by atoms with Crippen LogP contribution in [0.1, 0.15) is 20.0 Å². The number of fused-ring (bicyclic) bond motifs is 1. The van der Waals surface area contributed by atoms with Crippen molar-refractivity contribution in [2.75, 3.05) is 5.32 Å². The molecule has 0 saturated heterocycles. The maximum absolute atomic E-state index is 13.1. The molecule has 4 nitrogen and oxygen atoms in total. The minimum absolute atomic E-state index is 0.0560. The molecule has 2 N–H and O–H groups in total. The minimum atomic E-state index is -1.09. The highest BCUT2D eigenvalue weighted by Gasteiger charge is 2.16. The lowest BCUT2D eigenvalue weighted by atomic mass is 10.2. The number of carbonyl (C=O) groups excluding carboxylic acids is 1. The Morgan fingerprint density at radius 1 is 1.19 bits per heavy atom. The molecule has 7 heteroatoms. The Kier molecular flexibility index (Phi) is 3.44. The zero-order chi connectivity index (χ0) is 15.0. The van der Waals surface area contributed by atoms with Gasteiger partial charge >= 0.3 is 5.97 Å². The van der Waals surface area contributed by atoms with E-state index in [1.165, 1.54) is 29.5 Å². The molecule has 0 unspecified atom stereocenters. The second-order valence-electron chi connectivity index (χ2n) is 4.22. The number of carbonyl (C=O) groups is 2. The summed E-state index contributed by atoms with van der Waals surface area (Å²) in [5.74, 6) is -1.86. The Morgan fingerprint density at radius 2 is 2.00 bits per heavy atom. The third kappa shape index (κ3) is 2.65. The predicted molar refractivity (Wildman–Crippen MR) is 81.0 cm³/mol. The SMILES string of the molecule is O=C(Nc1sccc1C(=O)O)c1cc2cc(F)ccc2s1. The Bertz CT molecular complexity index is 853. The highest BCUT2D eigenvalue weighted by Crippen LogP contribution is 2.29. The van der Waals surface area contributed by atoms with Crippen molar-refractivity contribution in [3.8, 4) is 0 Å². The standard InChI is InChI=1S/C14H8FNO3S2/c15-8-1-2-10-7(5-8)6-11(21-10)12(17)16-13-9(14(18)19)3-4-20-13/h1-6H,(H,16,17)(H,18,19). The zero-order valence-electron chi connectivity index (χ0n) is 10.4. The van der Waals surface area contributed by atoms with E-state index >= 15 is 0 Å². The normalized spacial score (nSPS) is 10.7. The first-order chi connectivity index (χ1) is 10.0. The Balaban J connectivity index is 1.90. The maximum Gasteiger partial charge on any atom is 0.338 e. The van der Waals surface area contributed by atoms with E-state index in [1.807, 2.05) is 0 Å². The number of nitrogens with one attached hydrogen (secondary N) is 1. The third-order valence-corrected chi connectivity index (χ3v) is 4.77. The molecular weight excluding hydrogens is 313 g/mol. The van der Waals surface area contributed by atoms with Crippen LogP contribution in [0, 0.1) is 5.82 Å². The first-order valence-corrected chi connectivity index (χ1v) is 7.55. The van der Waals surface area contributed by atoms with Gasteiger partial charge in [-0.25, -0.2) is 9.18 Å². The number of thiophene rings is 2. The molecular formula is C14H8FNO3S2. The molecule has 0 atom stereocenters. The van der Waals surface area contributed by atoms with Crippen LogP contribution in [-0.4, -0.2) is 17.0 Å². The number of rotatable bonds is 3. The lowest BCUT2D eigenvalue weighted by Crippen LogP contribution is -2.11. The van der Waals surface area contributed by atoms with Gasteiger partial charge in [0.2, 0.25) is 0 Å². The highest BCUT2D eigenvalue weighted by molar-refractivity contribution is 7.21. The van der Waals surface area contributed by atoms with E-state index in [9.17, 15) is 14.0 Å². The van der Waals surface area contributed by atoms with E-state index in [2.05, 4.69) is 5.32 Å². The predicted octanol–water partition coefficient (Wildman–Crippen LogP) is 4.05. The monoisotopic (exact) mass is 321 g/mol. The molecule has 0 spiro atoms. The van der Waals surface area contributed by atoms with Crippen LogP contribution < -0.4 is 5.32 Å².